The second-order valence-corrected chi connectivity index (χ2v) is 33.2. The summed E-state index contributed by atoms with van der Waals surface area (Å²) in [7, 11) is -1.55. The van der Waals surface area contributed by atoms with Crippen molar-refractivity contribution in [3.8, 4) is 22.3 Å². The first-order chi connectivity index (χ1) is 52.2. The molecular formula is C78H109N13O18S2. The molecule has 1 fully saturated rings. The number of nitrogens with zero attached hydrogens (tertiary/aromatic N) is 8. The van der Waals surface area contributed by atoms with Gasteiger partial charge in [-0.1, -0.05) is 118 Å². The summed E-state index contributed by atoms with van der Waals surface area (Å²) in [5.41, 5.74) is 2.98. The van der Waals surface area contributed by atoms with E-state index >= 15 is 4.79 Å². The molecule has 9 amide bonds. The van der Waals surface area contributed by atoms with E-state index in [1.54, 1.807) is 110 Å². The second-order valence-electron chi connectivity index (χ2n) is 29.4. The van der Waals surface area contributed by atoms with Crippen LogP contribution in [0.25, 0.3) is 22.3 Å². The van der Waals surface area contributed by atoms with Crippen molar-refractivity contribution >= 4 is 78.9 Å². The van der Waals surface area contributed by atoms with Crippen LogP contribution < -0.4 is 26.6 Å². The molecule has 0 radical (unpaired) electrons. The predicted molar refractivity (Wildman–Crippen MR) is 415 cm³/mol. The Bertz CT molecular complexity index is 4230. The minimum absolute atomic E-state index is 0.00775. The van der Waals surface area contributed by atoms with Gasteiger partial charge in [0.1, 0.15) is 30.8 Å². The Kier molecular flexibility index (Phi) is 32.8. The molecule has 1 aliphatic heterocycles. The van der Waals surface area contributed by atoms with Gasteiger partial charge in [-0.3, -0.25) is 38.5 Å². The molecule has 31 nitrogen and oxygen atoms in total. The molecule has 7 N–H and O–H groups in total. The number of anilines is 1. The molecule has 0 spiro atoms. The van der Waals surface area contributed by atoms with Gasteiger partial charge in [-0.15, -0.1) is 0 Å². The zero-order valence-electron chi connectivity index (χ0n) is 66.3. The number of hydrogen-bond donors (Lipinski definition) is 7. The van der Waals surface area contributed by atoms with E-state index in [2.05, 4.69) is 53.1 Å². The highest BCUT2D eigenvalue weighted by molar-refractivity contribution is 7.90. The van der Waals surface area contributed by atoms with Crippen LogP contribution in [0, 0.1) is 29.6 Å². The van der Waals surface area contributed by atoms with E-state index in [1.165, 1.54) is 87.1 Å². The molecule has 3 heterocycles. The van der Waals surface area contributed by atoms with E-state index in [1.807, 2.05) is 19.9 Å². The first-order valence-electron chi connectivity index (χ1n) is 36.9. The molecule has 0 bridgehead atoms. The average molecular weight is 1580 g/mol. The SMILES string of the molecule is C=CCOC(=O)N(C)Cc1cc(NC(=O)[C@H](C)NC(=O)[C@@H](NC(=O)c2cc(-c3cnc(S(C)(=O)=O)nc3)cc(-c3cnc(S(C)(=O)=O)nc3)c2)C(C)C)ccc1CCN(C(=O)O)C(C(=O)NC(C(=O)N(C)C([C@@H](C)CC)[C@@H](CC(=O)N1CCC[C@H]1[C@H](OC)[C@@H](C)C(=O)N[C@H](C)[C@@H](O)c1ccccc1)OC)C(C)C)C(C)C. The van der Waals surface area contributed by atoms with E-state index in [-0.39, 0.29) is 61.5 Å². The van der Waals surface area contributed by atoms with Crippen LogP contribution >= 0.6 is 0 Å². The highest BCUT2D eigenvalue weighted by Gasteiger charge is 2.44. The maximum absolute atomic E-state index is 15.1. The van der Waals surface area contributed by atoms with Crippen molar-refractivity contribution in [2.24, 2.45) is 29.6 Å². The van der Waals surface area contributed by atoms with Gasteiger partial charge < -0.3 is 65.7 Å². The number of aliphatic hydroxyl groups is 1. The fourth-order valence-electron chi connectivity index (χ4n) is 13.5. The van der Waals surface area contributed by atoms with Gasteiger partial charge in [-0.05, 0) is 115 Å². The van der Waals surface area contributed by atoms with Gasteiger partial charge in [0.05, 0.1) is 48.8 Å². The van der Waals surface area contributed by atoms with E-state index in [4.69, 9.17) is 14.2 Å². The number of aromatic nitrogens is 4. The zero-order chi connectivity index (χ0) is 82.7. The van der Waals surface area contributed by atoms with Crippen LogP contribution in [0.1, 0.15) is 135 Å². The minimum atomic E-state index is -3.78. The third-order valence-electron chi connectivity index (χ3n) is 19.9. The van der Waals surface area contributed by atoms with E-state index in [0.29, 0.717) is 64.8 Å². The number of likely N-dealkylation sites (N-methyl/N-ethyl adjacent to an activating group) is 1. The molecule has 33 heteroatoms. The third kappa shape index (κ3) is 24.1. The molecule has 5 aromatic rings. The van der Waals surface area contributed by atoms with Crippen molar-refractivity contribution in [2.75, 3.05) is 65.8 Å². The Morgan fingerprint density at radius 3 is 1.77 bits per heavy atom. The average Bonchev–Trinajstić information content (AvgIpc) is 1.31. The lowest BCUT2D eigenvalue weighted by molar-refractivity contribution is -0.148. The summed E-state index contributed by atoms with van der Waals surface area (Å²) in [5.74, 6) is -6.84. The Balaban J connectivity index is 1.18. The summed E-state index contributed by atoms with van der Waals surface area (Å²) >= 11 is 0. The molecular weight excluding hydrogens is 1470 g/mol. The van der Waals surface area contributed by atoms with Gasteiger partial charge in [0.15, 0.2) is 0 Å². The number of rotatable bonds is 38. The first kappa shape index (κ1) is 90.1. The lowest BCUT2D eigenvalue weighted by Crippen LogP contribution is -2.60. The van der Waals surface area contributed by atoms with Crippen LogP contribution in [-0.4, -0.2) is 235 Å². The fraction of sp³-hybridized carbons (Fsp3) is 0.526. The highest BCUT2D eigenvalue weighted by atomic mass is 32.2. The third-order valence-corrected chi connectivity index (χ3v) is 21.6. The summed E-state index contributed by atoms with van der Waals surface area (Å²) in [4.78, 5) is 149. The van der Waals surface area contributed by atoms with Crippen LogP contribution in [0.3, 0.4) is 0 Å². The number of hydrogen-bond acceptors (Lipinski definition) is 21. The fourth-order valence-corrected chi connectivity index (χ4v) is 14.5. The van der Waals surface area contributed by atoms with Crippen LogP contribution in [-0.2, 0) is 75.6 Å². The number of likely N-dealkylation sites (tertiary alicyclic amines) is 1. The number of amides is 9. The summed E-state index contributed by atoms with van der Waals surface area (Å²) in [6.45, 7) is 22.4. The van der Waals surface area contributed by atoms with Gasteiger partial charge in [0, 0.05) is 108 Å². The van der Waals surface area contributed by atoms with Gasteiger partial charge in [-0.25, -0.2) is 46.4 Å². The van der Waals surface area contributed by atoms with Gasteiger partial charge in [-0.2, -0.15) is 0 Å². The molecule has 0 aliphatic carbocycles. The number of aliphatic hydroxyl groups excluding tert-OH is 1. The van der Waals surface area contributed by atoms with Crippen molar-refractivity contribution in [2.45, 2.75) is 186 Å². The lowest BCUT2D eigenvalue weighted by atomic mass is 9.89. The number of carbonyl (C=O) groups excluding carboxylic acids is 8. The Labute approximate surface area is 650 Å². The maximum atomic E-state index is 15.1. The van der Waals surface area contributed by atoms with Crippen LogP contribution in [0.2, 0.25) is 0 Å². The van der Waals surface area contributed by atoms with Crippen molar-refractivity contribution in [1.82, 2.24) is 60.8 Å². The molecule has 6 rings (SSSR count). The van der Waals surface area contributed by atoms with E-state index < -0.39 is 156 Å². The summed E-state index contributed by atoms with van der Waals surface area (Å²) in [6, 6.07) is 11.3. The number of benzene rings is 3. The zero-order valence-corrected chi connectivity index (χ0v) is 67.9. The van der Waals surface area contributed by atoms with Gasteiger partial charge >= 0.3 is 12.2 Å². The number of ether oxygens (including phenoxy) is 3. The van der Waals surface area contributed by atoms with Gasteiger partial charge in [0.25, 0.3) is 5.91 Å². The largest absolute Gasteiger partial charge is 0.465 e. The minimum Gasteiger partial charge on any atom is -0.465 e. The van der Waals surface area contributed by atoms with Crippen LogP contribution in [0.5, 0.6) is 0 Å². The van der Waals surface area contributed by atoms with Crippen LogP contribution in [0.15, 0.2) is 114 Å². The molecule has 606 valence electrons. The number of carboxylic acid groups (broad SMARTS) is 1. The number of carbonyl (C=O) groups is 9. The quantitative estimate of drug-likeness (QED) is 0.0156. The predicted octanol–water partition coefficient (Wildman–Crippen LogP) is 6.91. The highest BCUT2D eigenvalue weighted by Crippen LogP contribution is 2.33. The van der Waals surface area contributed by atoms with E-state index in [0.717, 1.165) is 17.4 Å². The van der Waals surface area contributed by atoms with Crippen molar-refractivity contribution < 1.29 is 84.4 Å². The molecule has 0 saturated carbocycles. The number of methoxy groups -OCH3 is 2. The van der Waals surface area contributed by atoms with E-state index in [9.17, 15) is 65.4 Å². The van der Waals surface area contributed by atoms with Gasteiger partial charge in [0.2, 0.25) is 65.4 Å². The maximum Gasteiger partial charge on any atom is 0.410 e. The van der Waals surface area contributed by atoms with Crippen LogP contribution in [0.4, 0.5) is 15.3 Å². The number of nitrogens with one attached hydrogen (secondary N) is 5. The topological polar surface area (TPSA) is 415 Å². The molecule has 3 aromatic carbocycles. The van der Waals surface area contributed by atoms with Crippen molar-refractivity contribution in [3.63, 3.8) is 0 Å². The normalized spacial score (nSPS) is 16.1. The molecule has 2 aromatic heterocycles. The molecule has 1 saturated heterocycles. The summed E-state index contributed by atoms with van der Waals surface area (Å²) in [5, 5.41) is 35.1. The molecule has 111 heavy (non-hydrogen) atoms. The number of sulfone groups is 2. The Morgan fingerprint density at radius 1 is 0.685 bits per heavy atom. The Hall–Kier alpha value is -9.83. The van der Waals surface area contributed by atoms with Crippen molar-refractivity contribution in [1.29, 1.82) is 0 Å². The Morgan fingerprint density at radius 2 is 1.26 bits per heavy atom. The van der Waals surface area contributed by atoms with Crippen molar-refractivity contribution in [3.05, 3.63) is 126 Å². The summed E-state index contributed by atoms with van der Waals surface area (Å²) < 4.78 is 66.2. The molecule has 12 atom stereocenters. The summed E-state index contributed by atoms with van der Waals surface area (Å²) in [6.07, 6.45) is 5.11. The standard InChI is InChI=1S/C78H109N13O18S2/c1-19-33-109-78(102)88(13)43-56-37-59(85-70(95)50(12)84-72(97)63(44(3)4)86-71(96)55-35-53(57-39-79-75(80-40-57)110(17,103)104)34-54(36-55)58-41-81-76(82-42-58)111(18,105)106)29-28-51(56)30-32-91(77(100)101)65(46(7)8)73(98)87-64(45(5)6)74(99)89(14)66(47(9)20-2)61(107-15)38-62(92)90-31-24-27-60(90)68(108-16)48(10)69(94)83-49(11)67(93)52-25-22-21-23-26-52/h19,21-23,25-26,28-29,34-37,39-42,44-50,60-61,63-68,93H,1,20,24,27,30-33,38,43H2,2-18H3,(H,83,94)(H,84,97)(H,85,95)(H,86,96)(H,87,98)(H,100,101)/t47-,48+,49+,50-,60-,61+,63-,64?,65?,66?,67+,68+/m0/s1. The smallest absolute Gasteiger partial charge is 0.410 e. The first-order valence-corrected chi connectivity index (χ1v) is 40.6. The monoisotopic (exact) mass is 1580 g/mol. The second kappa shape index (κ2) is 40.4. The molecule has 3 unspecified atom stereocenters. The lowest BCUT2D eigenvalue weighted by Gasteiger charge is -2.41. The molecule has 1 aliphatic rings.